The van der Waals surface area contributed by atoms with Crippen LogP contribution < -0.4 is 10.5 Å². The zero-order valence-electron chi connectivity index (χ0n) is 12.9. The first-order valence-electron chi connectivity index (χ1n) is 7.07. The third-order valence-corrected chi connectivity index (χ3v) is 3.96. The smallest absolute Gasteiger partial charge is 0.417 e. The summed E-state index contributed by atoms with van der Waals surface area (Å²) < 4.78 is 45.5. The summed E-state index contributed by atoms with van der Waals surface area (Å²) in [6, 6.07) is 7.03. The van der Waals surface area contributed by atoms with Crippen LogP contribution in [0.3, 0.4) is 0 Å². The summed E-state index contributed by atoms with van der Waals surface area (Å²) >= 11 is 1.26. The van der Waals surface area contributed by atoms with E-state index in [-0.39, 0.29) is 28.9 Å². The number of aliphatic hydroxyl groups is 1. The molecule has 0 amide bonds. The Hall–Kier alpha value is -2.79. The second-order valence-corrected chi connectivity index (χ2v) is 6.04. The normalized spacial score (nSPS) is 11.5. The number of rotatable bonds is 5. The van der Waals surface area contributed by atoms with E-state index in [9.17, 15) is 13.2 Å². The van der Waals surface area contributed by atoms with Gasteiger partial charge in [-0.2, -0.15) is 0 Å². The van der Waals surface area contributed by atoms with Crippen molar-refractivity contribution in [3.8, 4) is 17.3 Å². The highest BCUT2D eigenvalue weighted by atomic mass is 32.2. The Kier molecular flexibility index (Phi) is 5.00. The lowest BCUT2D eigenvalue weighted by Gasteiger charge is -2.09. The predicted octanol–water partition coefficient (Wildman–Crippen LogP) is 3.26. The molecule has 3 rings (SSSR count). The van der Waals surface area contributed by atoms with Crippen LogP contribution in [-0.4, -0.2) is 26.7 Å². The predicted molar refractivity (Wildman–Crippen MR) is 85.1 cm³/mol. The molecule has 0 atom stereocenters. The summed E-state index contributed by atoms with van der Waals surface area (Å²) in [6.07, 6.45) is -3.22. The first-order valence-corrected chi connectivity index (χ1v) is 7.88. The largest absolute Gasteiger partial charge is 0.573 e. The first kappa shape index (κ1) is 18.0. The number of halogens is 3. The second kappa shape index (κ2) is 7.22. The number of hydrogen-bond acceptors (Lipinski definition) is 8. The molecule has 2 aromatic heterocycles. The average Bonchev–Trinajstić information content (AvgIpc) is 3.04. The van der Waals surface area contributed by atoms with Crippen molar-refractivity contribution in [1.29, 1.82) is 0 Å². The van der Waals surface area contributed by atoms with E-state index >= 15 is 0 Å². The summed E-state index contributed by atoms with van der Waals surface area (Å²) in [5.41, 5.74) is 6.49. The van der Waals surface area contributed by atoms with Gasteiger partial charge < -0.3 is 20.0 Å². The van der Waals surface area contributed by atoms with Crippen LogP contribution in [0.1, 0.15) is 5.89 Å². The van der Waals surface area contributed by atoms with Crippen LogP contribution in [0.25, 0.3) is 11.6 Å². The van der Waals surface area contributed by atoms with E-state index in [1.807, 2.05) is 0 Å². The molecule has 3 N–H and O–H groups in total. The quantitative estimate of drug-likeness (QED) is 0.690. The van der Waals surface area contributed by atoms with Gasteiger partial charge >= 0.3 is 6.36 Å². The molecule has 0 fully saturated rings. The molecule has 0 spiro atoms. The van der Waals surface area contributed by atoms with Crippen molar-refractivity contribution in [2.75, 3.05) is 5.73 Å². The SMILES string of the molecule is Nc1cc(Sc2ccc(OC(F)(F)F)cc2)cnc1-c1nnc(CO)o1. The molecule has 11 heteroatoms. The van der Waals surface area contributed by atoms with E-state index in [0.29, 0.717) is 9.79 Å². The van der Waals surface area contributed by atoms with Gasteiger partial charge in [0.05, 0.1) is 5.69 Å². The number of aromatic nitrogens is 3. The van der Waals surface area contributed by atoms with Crippen LogP contribution in [0.15, 0.2) is 50.7 Å². The van der Waals surface area contributed by atoms with Gasteiger partial charge in [-0.25, -0.2) is 4.98 Å². The van der Waals surface area contributed by atoms with E-state index in [2.05, 4.69) is 19.9 Å². The maximum atomic E-state index is 12.2. The molecule has 0 aliphatic carbocycles. The molecule has 0 aliphatic rings. The fourth-order valence-electron chi connectivity index (χ4n) is 1.95. The Morgan fingerprint density at radius 1 is 1.15 bits per heavy atom. The summed E-state index contributed by atoms with van der Waals surface area (Å²) in [7, 11) is 0. The van der Waals surface area contributed by atoms with Gasteiger partial charge in [0.1, 0.15) is 12.4 Å². The lowest BCUT2D eigenvalue weighted by molar-refractivity contribution is -0.274. The monoisotopic (exact) mass is 384 g/mol. The Balaban J connectivity index is 1.73. The lowest BCUT2D eigenvalue weighted by atomic mass is 10.3. The van der Waals surface area contributed by atoms with Gasteiger partial charge in [0.2, 0.25) is 5.89 Å². The van der Waals surface area contributed by atoms with Crippen molar-refractivity contribution in [1.82, 2.24) is 15.2 Å². The molecule has 7 nitrogen and oxygen atoms in total. The number of benzene rings is 1. The average molecular weight is 384 g/mol. The van der Waals surface area contributed by atoms with E-state index in [1.54, 1.807) is 6.07 Å². The highest BCUT2D eigenvalue weighted by molar-refractivity contribution is 7.99. The van der Waals surface area contributed by atoms with Crippen LogP contribution in [0.5, 0.6) is 5.75 Å². The fourth-order valence-corrected chi connectivity index (χ4v) is 2.79. The van der Waals surface area contributed by atoms with Crippen LogP contribution in [0.4, 0.5) is 18.9 Å². The van der Waals surface area contributed by atoms with Crippen molar-refractivity contribution in [2.24, 2.45) is 0 Å². The number of aliphatic hydroxyl groups excluding tert-OH is 1. The standard InChI is InChI=1S/C15H11F3N4O3S/c16-15(17,18)25-8-1-3-9(4-2-8)26-10-5-11(19)13(20-6-10)14-22-21-12(7-23)24-14/h1-6,23H,7,19H2. The molecule has 136 valence electrons. The minimum Gasteiger partial charge on any atom is -0.417 e. The molecule has 0 bridgehead atoms. The van der Waals surface area contributed by atoms with E-state index in [1.165, 1.54) is 42.2 Å². The highest BCUT2D eigenvalue weighted by Gasteiger charge is 2.30. The molecular formula is C15H11F3N4O3S. The Morgan fingerprint density at radius 3 is 2.46 bits per heavy atom. The van der Waals surface area contributed by atoms with Crippen molar-refractivity contribution < 1.29 is 27.4 Å². The van der Waals surface area contributed by atoms with Gasteiger partial charge in [0.15, 0.2) is 5.69 Å². The zero-order valence-corrected chi connectivity index (χ0v) is 13.7. The fraction of sp³-hybridized carbons (Fsp3) is 0.133. The van der Waals surface area contributed by atoms with Crippen molar-refractivity contribution in [3.05, 3.63) is 42.4 Å². The molecule has 0 aliphatic heterocycles. The summed E-state index contributed by atoms with van der Waals surface area (Å²) in [5, 5.41) is 16.3. The maximum Gasteiger partial charge on any atom is 0.573 e. The number of alkyl halides is 3. The molecule has 0 radical (unpaired) electrons. The summed E-state index contributed by atoms with van der Waals surface area (Å²) in [6.45, 7) is -0.394. The third kappa shape index (κ3) is 4.43. The van der Waals surface area contributed by atoms with Gasteiger partial charge in [-0.1, -0.05) is 11.8 Å². The van der Waals surface area contributed by atoms with E-state index in [0.717, 1.165) is 0 Å². The number of nitrogen functional groups attached to an aromatic ring is 1. The van der Waals surface area contributed by atoms with Gasteiger partial charge in [0, 0.05) is 16.0 Å². The number of pyridine rings is 1. The van der Waals surface area contributed by atoms with Crippen LogP contribution in [0.2, 0.25) is 0 Å². The number of hydrogen-bond donors (Lipinski definition) is 2. The first-order chi connectivity index (χ1) is 12.3. The van der Waals surface area contributed by atoms with E-state index < -0.39 is 13.0 Å². The Bertz CT molecular complexity index is 900. The third-order valence-electron chi connectivity index (χ3n) is 2.99. The molecule has 3 aromatic rings. The van der Waals surface area contributed by atoms with Gasteiger partial charge in [0.25, 0.3) is 5.89 Å². The molecule has 1 aromatic carbocycles. The summed E-state index contributed by atoms with van der Waals surface area (Å²) in [5.74, 6) is -0.177. The number of ether oxygens (including phenoxy) is 1. The molecular weight excluding hydrogens is 373 g/mol. The second-order valence-electron chi connectivity index (χ2n) is 4.89. The maximum absolute atomic E-state index is 12.2. The van der Waals surface area contributed by atoms with Crippen LogP contribution >= 0.6 is 11.8 Å². The van der Waals surface area contributed by atoms with Gasteiger partial charge in [-0.15, -0.1) is 23.4 Å². The van der Waals surface area contributed by atoms with Crippen LogP contribution in [-0.2, 0) is 6.61 Å². The van der Waals surface area contributed by atoms with Crippen LogP contribution in [0, 0.1) is 0 Å². The number of nitrogens with two attached hydrogens (primary N) is 1. The number of anilines is 1. The van der Waals surface area contributed by atoms with Crippen molar-refractivity contribution >= 4 is 17.4 Å². The van der Waals surface area contributed by atoms with Gasteiger partial charge in [-0.3, -0.25) is 0 Å². The molecule has 2 heterocycles. The molecule has 0 saturated heterocycles. The van der Waals surface area contributed by atoms with Crippen molar-refractivity contribution in [2.45, 2.75) is 22.8 Å². The number of nitrogens with zero attached hydrogens (tertiary/aromatic N) is 3. The van der Waals surface area contributed by atoms with E-state index in [4.69, 9.17) is 15.3 Å². The topological polar surface area (TPSA) is 107 Å². The Morgan fingerprint density at radius 2 is 1.88 bits per heavy atom. The zero-order chi connectivity index (χ0) is 18.7. The lowest BCUT2D eigenvalue weighted by Crippen LogP contribution is -2.16. The highest BCUT2D eigenvalue weighted by Crippen LogP contribution is 2.33. The molecule has 26 heavy (non-hydrogen) atoms. The van der Waals surface area contributed by atoms with Crippen molar-refractivity contribution in [3.63, 3.8) is 0 Å². The molecule has 0 saturated carbocycles. The Labute approximate surface area is 149 Å². The summed E-state index contributed by atoms with van der Waals surface area (Å²) in [4.78, 5) is 5.50. The van der Waals surface area contributed by atoms with Gasteiger partial charge in [-0.05, 0) is 30.3 Å². The minimum absolute atomic E-state index is 0.0424. The molecule has 0 unspecified atom stereocenters. The minimum atomic E-state index is -4.73.